The average Bonchev–Trinajstić information content (AvgIpc) is 2.91. The fourth-order valence-corrected chi connectivity index (χ4v) is 3.52. The number of hydrogen-bond donors (Lipinski definition) is 1. The molecule has 0 fully saturated rings. The second-order valence-corrected chi connectivity index (χ2v) is 6.64. The van der Waals surface area contributed by atoms with Gasteiger partial charge in [0.1, 0.15) is 0 Å². The smallest absolute Gasteiger partial charge is 0.0207 e. The van der Waals surface area contributed by atoms with Crippen LogP contribution in [0, 0.1) is 5.92 Å². The Morgan fingerprint density at radius 3 is 2.68 bits per heavy atom. The van der Waals surface area contributed by atoms with Crippen molar-refractivity contribution in [3.8, 4) is 0 Å². The van der Waals surface area contributed by atoms with Crippen molar-refractivity contribution in [3.63, 3.8) is 0 Å². The predicted octanol–water partition coefficient (Wildman–Crippen LogP) is 4.52. The Morgan fingerprint density at radius 2 is 2.00 bits per heavy atom. The Hall–Kier alpha value is -0.640. The molecular weight excluding hydrogens is 318 g/mol. The molecule has 0 saturated heterocycles. The third-order valence-corrected chi connectivity index (χ3v) is 4.89. The Labute approximate surface area is 128 Å². The van der Waals surface area contributed by atoms with Crippen LogP contribution in [0.1, 0.15) is 17.4 Å². The first-order chi connectivity index (χ1) is 9.29. The zero-order chi connectivity index (χ0) is 13.5. The van der Waals surface area contributed by atoms with Gasteiger partial charge in [-0.3, -0.25) is 0 Å². The maximum absolute atomic E-state index is 3.65. The van der Waals surface area contributed by atoms with Gasteiger partial charge in [0.05, 0.1) is 0 Å². The molecule has 0 radical (unpaired) electrons. The third kappa shape index (κ3) is 4.75. The molecular formula is C16H20BrNS. The highest BCUT2D eigenvalue weighted by atomic mass is 79.9. The molecule has 0 aliphatic rings. The molecule has 19 heavy (non-hydrogen) atoms. The minimum absolute atomic E-state index is 0.650. The van der Waals surface area contributed by atoms with Crippen LogP contribution in [0.3, 0.4) is 0 Å². The van der Waals surface area contributed by atoms with Crippen LogP contribution < -0.4 is 5.32 Å². The number of benzene rings is 1. The van der Waals surface area contributed by atoms with Crippen LogP contribution in [0.15, 0.2) is 46.3 Å². The first kappa shape index (κ1) is 14.8. The Bertz CT molecular complexity index is 481. The lowest BCUT2D eigenvalue weighted by Gasteiger charge is -2.17. The minimum atomic E-state index is 0.650. The van der Waals surface area contributed by atoms with Crippen LogP contribution in [0.2, 0.25) is 0 Å². The van der Waals surface area contributed by atoms with Crippen molar-refractivity contribution in [3.05, 3.63) is 56.7 Å². The second kappa shape index (κ2) is 7.83. The van der Waals surface area contributed by atoms with Crippen molar-refractivity contribution in [1.82, 2.24) is 5.32 Å². The summed E-state index contributed by atoms with van der Waals surface area (Å²) in [5.74, 6) is 0.650. The lowest BCUT2D eigenvalue weighted by molar-refractivity contribution is 0.480. The molecule has 0 spiro atoms. The van der Waals surface area contributed by atoms with Crippen molar-refractivity contribution in [2.45, 2.75) is 19.8 Å². The Balaban J connectivity index is 2.03. The van der Waals surface area contributed by atoms with Crippen LogP contribution in [0.4, 0.5) is 0 Å². The molecule has 3 heteroatoms. The maximum Gasteiger partial charge on any atom is 0.0207 e. The molecule has 2 aromatic rings. The van der Waals surface area contributed by atoms with Crippen molar-refractivity contribution >= 4 is 27.3 Å². The van der Waals surface area contributed by atoms with Gasteiger partial charge in [0.15, 0.2) is 0 Å². The van der Waals surface area contributed by atoms with E-state index in [9.17, 15) is 0 Å². The van der Waals surface area contributed by atoms with E-state index in [4.69, 9.17) is 0 Å². The Kier molecular flexibility index (Phi) is 6.08. The van der Waals surface area contributed by atoms with Gasteiger partial charge in [-0.2, -0.15) is 0 Å². The Morgan fingerprint density at radius 1 is 1.16 bits per heavy atom. The van der Waals surface area contributed by atoms with E-state index in [-0.39, 0.29) is 0 Å². The van der Waals surface area contributed by atoms with Gasteiger partial charge in [-0.1, -0.05) is 47.1 Å². The average molecular weight is 338 g/mol. The van der Waals surface area contributed by atoms with E-state index in [1.165, 1.54) is 14.9 Å². The molecule has 1 aromatic carbocycles. The molecule has 1 unspecified atom stereocenters. The first-order valence-electron chi connectivity index (χ1n) is 6.76. The van der Waals surface area contributed by atoms with Crippen LogP contribution in [0.5, 0.6) is 0 Å². The summed E-state index contributed by atoms with van der Waals surface area (Å²) in [6.45, 7) is 4.28. The van der Waals surface area contributed by atoms with Crippen molar-refractivity contribution < 1.29 is 0 Å². The molecule has 1 N–H and O–H groups in total. The van der Waals surface area contributed by atoms with Gasteiger partial charge in [0.25, 0.3) is 0 Å². The summed E-state index contributed by atoms with van der Waals surface area (Å²) in [6, 6.07) is 12.9. The standard InChI is InChI=1S/C16H20BrNS/c1-2-18-12-13(11-15-7-5-9-19-15)10-14-6-3-4-8-16(14)17/h3-9,13,18H,2,10-12H2,1H3. The molecule has 2 rings (SSSR count). The first-order valence-corrected chi connectivity index (χ1v) is 8.43. The molecule has 102 valence electrons. The molecule has 0 bridgehead atoms. The van der Waals surface area contributed by atoms with Crippen LogP contribution in [-0.4, -0.2) is 13.1 Å². The van der Waals surface area contributed by atoms with E-state index in [1.54, 1.807) is 0 Å². The fourth-order valence-electron chi connectivity index (χ4n) is 2.25. The van der Waals surface area contributed by atoms with Gasteiger partial charge < -0.3 is 5.32 Å². The SMILES string of the molecule is CCNCC(Cc1cccs1)Cc1ccccc1Br. The molecule has 1 heterocycles. The summed E-state index contributed by atoms with van der Waals surface area (Å²) in [6.07, 6.45) is 2.28. The quantitative estimate of drug-likeness (QED) is 0.783. The summed E-state index contributed by atoms with van der Waals surface area (Å²) in [4.78, 5) is 1.48. The molecule has 1 aromatic heterocycles. The molecule has 1 atom stereocenters. The van der Waals surface area contributed by atoms with Crippen LogP contribution >= 0.6 is 27.3 Å². The zero-order valence-electron chi connectivity index (χ0n) is 11.2. The van der Waals surface area contributed by atoms with Crippen molar-refractivity contribution in [1.29, 1.82) is 0 Å². The van der Waals surface area contributed by atoms with Crippen LogP contribution in [0.25, 0.3) is 0 Å². The van der Waals surface area contributed by atoms with Gasteiger partial charge in [-0.25, -0.2) is 0 Å². The largest absolute Gasteiger partial charge is 0.317 e. The van der Waals surface area contributed by atoms with Crippen molar-refractivity contribution in [2.24, 2.45) is 5.92 Å². The summed E-state index contributed by atoms with van der Waals surface area (Å²) < 4.78 is 1.22. The fraction of sp³-hybridized carbons (Fsp3) is 0.375. The lowest BCUT2D eigenvalue weighted by Crippen LogP contribution is -2.25. The number of thiophene rings is 1. The molecule has 0 saturated carbocycles. The number of hydrogen-bond acceptors (Lipinski definition) is 2. The second-order valence-electron chi connectivity index (χ2n) is 4.75. The molecule has 1 nitrogen and oxygen atoms in total. The van der Waals surface area contributed by atoms with Crippen molar-refractivity contribution in [2.75, 3.05) is 13.1 Å². The third-order valence-electron chi connectivity index (χ3n) is 3.22. The summed E-state index contributed by atoms with van der Waals surface area (Å²) in [7, 11) is 0. The number of halogens is 1. The van der Waals surface area contributed by atoms with Gasteiger partial charge >= 0.3 is 0 Å². The predicted molar refractivity (Wildman–Crippen MR) is 87.9 cm³/mol. The van der Waals surface area contributed by atoms with Gasteiger partial charge in [-0.05, 0) is 54.9 Å². The molecule has 0 amide bonds. The van der Waals surface area contributed by atoms with Gasteiger partial charge in [0.2, 0.25) is 0 Å². The highest BCUT2D eigenvalue weighted by Gasteiger charge is 2.12. The summed E-state index contributed by atoms with van der Waals surface area (Å²) in [5, 5.41) is 5.65. The van der Waals surface area contributed by atoms with E-state index < -0.39 is 0 Å². The highest BCUT2D eigenvalue weighted by molar-refractivity contribution is 9.10. The van der Waals surface area contributed by atoms with E-state index in [2.05, 4.69) is 69.9 Å². The monoisotopic (exact) mass is 337 g/mol. The maximum atomic E-state index is 3.65. The van der Waals surface area contributed by atoms with Gasteiger partial charge in [0, 0.05) is 9.35 Å². The highest BCUT2D eigenvalue weighted by Crippen LogP contribution is 2.22. The van der Waals surface area contributed by atoms with Gasteiger partial charge in [-0.15, -0.1) is 11.3 Å². The number of nitrogens with one attached hydrogen (secondary N) is 1. The lowest BCUT2D eigenvalue weighted by atomic mass is 9.95. The number of rotatable bonds is 7. The van der Waals surface area contributed by atoms with E-state index in [1.807, 2.05) is 11.3 Å². The van der Waals surface area contributed by atoms with E-state index in [0.29, 0.717) is 5.92 Å². The summed E-state index contributed by atoms with van der Waals surface area (Å²) >= 11 is 5.51. The minimum Gasteiger partial charge on any atom is -0.317 e. The molecule has 0 aliphatic heterocycles. The van der Waals surface area contributed by atoms with Crippen LogP contribution in [-0.2, 0) is 12.8 Å². The summed E-state index contributed by atoms with van der Waals surface area (Å²) in [5.41, 5.74) is 1.40. The molecule has 0 aliphatic carbocycles. The van der Waals surface area contributed by atoms with E-state index >= 15 is 0 Å². The normalized spacial score (nSPS) is 12.5. The topological polar surface area (TPSA) is 12.0 Å². The van der Waals surface area contributed by atoms with E-state index in [0.717, 1.165) is 25.9 Å². The zero-order valence-corrected chi connectivity index (χ0v) is 13.6.